The van der Waals surface area contributed by atoms with Crippen LogP contribution in [0.5, 0.6) is 0 Å². The van der Waals surface area contributed by atoms with Crippen LogP contribution in [0.25, 0.3) is 0 Å². The Labute approximate surface area is 82.0 Å². The second-order valence-electron chi connectivity index (χ2n) is 3.93. The van der Waals surface area contributed by atoms with Crippen LogP contribution in [0.3, 0.4) is 0 Å². The summed E-state index contributed by atoms with van der Waals surface area (Å²) in [4.78, 5) is 2.56. The van der Waals surface area contributed by atoms with E-state index in [0.29, 0.717) is 12.1 Å². The molecular weight excluding hydrogens is 160 g/mol. The van der Waals surface area contributed by atoms with Gasteiger partial charge >= 0.3 is 0 Å². The SMILES string of the molecule is C=CCCN1CC(CC)NCC1C. The quantitative estimate of drug-likeness (QED) is 0.665. The van der Waals surface area contributed by atoms with Gasteiger partial charge in [0.15, 0.2) is 0 Å². The highest BCUT2D eigenvalue weighted by atomic mass is 15.2. The summed E-state index contributed by atoms with van der Waals surface area (Å²) in [6, 6.07) is 1.38. The zero-order valence-corrected chi connectivity index (χ0v) is 8.92. The van der Waals surface area contributed by atoms with Crippen LogP contribution in [0.15, 0.2) is 12.7 Å². The van der Waals surface area contributed by atoms with Crippen LogP contribution in [0.4, 0.5) is 0 Å². The molecule has 1 fully saturated rings. The lowest BCUT2D eigenvalue weighted by Gasteiger charge is -2.38. The van der Waals surface area contributed by atoms with Crippen molar-refractivity contribution >= 4 is 0 Å². The third-order valence-corrected chi connectivity index (χ3v) is 2.89. The number of hydrogen-bond donors (Lipinski definition) is 1. The molecule has 2 unspecified atom stereocenters. The highest BCUT2D eigenvalue weighted by Gasteiger charge is 2.22. The van der Waals surface area contributed by atoms with Crippen molar-refractivity contribution in [3.8, 4) is 0 Å². The largest absolute Gasteiger partial charge is 0.311 e. The van der Waals surface area contributed by atoms with E-state index in [9.17, 15) is 0 Å². The third-order valence-electron chi connectivity index (χ3n) is 2.89. The van der Waals surface area contributed by atoms with Crippen molar-refractivity contribution in [1.82, 2.24) is 10.2 Å². The van der Waals surface area contributed by atoms with Crippen molar-refractivity contribution in [2.24, 2.45) is 0 Å². The Morgan fingerprint density at radius 2 is 2.38 bits per heavy atom. The van der Waals surface area contributed by atoms with Crippen molar-refractivity contribution in [3.05, 3.63) is 12.7 Å². The Morgan fingerprint density at radius 3 is 3.00 bits per heavy atom. The first-order chi connectivity index (χ1) is 6.27. The second kappa shape index (κ2) is 5.40. The van der Waals surface area contributed by atoms with E-state index in [1.54, 1.807) is 0 Å². The fraction of sp³-hybridized carbons (Fsp3) is 0.818. The first kappa shape index (κ1) is 10.7. The summed E-state index contributed by atoms with van der Waals surface area (Å²) in [5.74, 6) is 0. The predicted octanol–water partition coefficient (Wildman–Crippen LogP) is 1.63. The molecule has 0 spiro atoms. The lowest BCUT2D eigenvalue weighted by atomic mass is 10.1. The number of hydrogen-bond acceptors (Lipinski definition) is 2. The maximum atomic E-state index is 3.77. The minimum atomic E-state index is 0.683. The molecule has 0 amide bonds. The van der Waals surface area contributed by atoms with Crippen molar-refractivity contribution in [3.63, 3.8) is 0 Å². The van der Waals surface area contributed by atoms with Gasteiger partial charge in [-0.05, 0) is 19.8 Å². The van der Waals surface area contributed by atoms with E-state index in [1.807, 2.05) is 6.08 Å². The van der Waals surface area contributed by atoms with Crippen LogP contribution in [-0.2, 0) is 0 Å². The third kappa shape index (κ3) is 3.12. The standard InChI is InChI=1S/C11H22N2/c1-4-6-7-13-9-11(5-2)12-8-10(13)3/h4,10-12H,1,5-9H2,2-3H3. The molecule has 1 aliphatic rings. The first-order valence-electron chi connectivity index (χ1n) is 5.36. The van der Waals surface area contributed by atoms with Gasteiger partial charge in [-0.25, -0.2) is 0 Å². The van der Waals surface area contributed by atoms with E-state index in [-0.39, 0.29) is 0 Å². The molecule has 1 aliphatic heterocycles. The smallest absolute Gasteiger partial charge is 0.0193 e. The monoisotopic (exact) mass is 182 g/mol. The van der Waals surface area contributed by atoms with E-state index < -0.39 is 0 Å². The molecule has 0 aromatic rings. The zero-order valence-electron chi connectivity index (χ0n) is 8.92. The number of nitrogens with one attached hydrogen (secondary N) is 1. The Balaban J connectivity index is 2.35. The summed E-state index contributed by atoms with van der Waals surface area (Å²) in [5, 5.41) is 3.56. The Kier molecular flexibility index (Phi) is 4.46. The van der Waals surface area contributed by atoms with Gasteiger partial charge in [0, 0.05) is 31.7 Å². The molecule has 0 saturated carbocycles. The normalized spacial score (nSPS) is 30.3. The van der Waals surface area contributed by atoms with Gasteiger partial charge in [-0.2, -0.15) is 0 Å². The summed E-state index contributed by atoms with van der Waals surface area (Å²) in [6.45, 7) is 11.8. The molecule has 1 saturated heterocycles. The lowest BCUT2D eigenvalue weighted by Crippen LogP contribution is -2.55. The van der Waals surface area contributed by atoms with Crippen LogP contribution in [0, 0.1) is 0 Å². The summed E-state index contributed by atoms with van der Waals surface area (Å²) >= 11 is 0. The number of rotatable bonds is 4. The molecule has 1 N–H and O–H groups in total. The highest BCUT2D eigenvalue weighted by Crippen LogP contribution is 2.09. The average molecular weight is 182 g/mol. The molecule has 0 aromatic heterocycles. The average Bonchev–Trinajstić information content (AvgIpc) is 2.17. The van der Waals surface area contributed by atoms with Gasteiger partial charge in [0.2, 0.25) is 0 Å². The summed E-state index contributed by atoms with van der Waals surface area (Å²) in [5.41, 5.74) is 0. The van der Waals surface area contributed by atoms with Crippen molar-refractivity contribution in [2.45, 2.75) is 38.8 Å². The number of piperazine rings is 1. The van der Waals surface area contributed by atoms with Crippen molar-refractivity contribution in [2.75, 3.05) is 19.6 Å². The van der Waals surface area contributed by atoms with Crippen LogP contribution < -0.4 is 5.32 Å². The first-order valence-corrected chi connectivity index (χ1v) is 5.36. The molecule has 2 atom stereocenters. The van der Waals surface area contributed by atoms with Gasteiger partial charge in [-0.15, -0.1) is 6.58 Å². The number of nitrogens with zero attached hydrogens (tertiary/aromatic N) is 1. The lowest BCUT2D eigenvalue weighted by molar-refractivity contribution is 0.141. The summed E-state index contributed by atoms with van der Waals surface area (Å²) < 4.78 is 0. The van der Waals surface area contributed by atoms with Crippen LogP contribution >= 0.6 is 0 Å². The second-order valence-corrected chi connectivity index (χ2v) is 3.93. The van der Waals surface area contributed by atoms with Crippen LogP contribution in [0.2, 0.25) is 0 Å². The molecule has 76 valence electrons. The minimum absolute atomic E-state index is 0.683. The fourth-order valence-electron chi connectivity index (χ4n) is 1.84. The van der Waals surface area contributed by atoms with Crippen LogP contribution in [-0.4, -0.2) is 36.6 Å². The minimum Gasteiger partial charge on any atom is -0.311 e. The predicted molar refractivity (Wildman–Crippen MR) is 57.9 cm³/mol. The zero-order chi connectivity index (χ0) is 9.68. The molecule has 0 aromatic carbocycles. The van der Waals surface area contributed by atoms with E-state index >= 15 is 0 Å². The van der Waals surface area contributed by atoms with E-state index in [0.717, 1.165) is 13.0 Å². The Hall–Kier alpha value is -0.340. The van der Waals surface area contributed by atoms with Gasteiger partial charge in [0.05, 0.1) is 0 Å². The maximum absolute atomic E-state index is 3.77. The summed E-state index contributed by atoms with van der Waals surface area (Å²) in [7, 11) is 0. The fourth-order valence-corrected chi connectivity index (χ4v) is 1.84. The van der Waals surface area contributed by atoms with E-state index in [1.165, 1.54) is 19.5 Å². The van der Waals surface area contributed by atoms with Crippen molar-refractivity contribution in [1.29, 1.82) is 0 Å². The maximum Gasteiger partial charge on any atom is 0.0193 e. The van der Waals surface area contributed by atoms with Gasteiger partial charge in [0.25, 0.3) is 0 Å². The topological polar surface area (TPSA) is 15.3 Å². The van der Waals surface area contributed by atoms with E-state index in [2.05, 4.69) is 30.6 Å². The molecule has 0 radical (unpaired) electrons. The molecule has 2 heteroatoms. The van der Waals surface area contributed by atoms with Gasteiger partial charge in [-0.1, -0.05) is 13.0 Å². The van der Waals surface area contributed by atoms with Gasteiger partial charge in [0.1, 0.15) is 0 Å². The summed E-state index contributed by atoms with van der Waals surface area (Å²) in [6.07, 6.45) is 4.35. The van der Waals surface area contributed by atoms with E-state index in [4.69, 9.17) is 0 Å². The Bertz CT molecular complexity index is 156. The highest BCUT2D eigenvalue weighted by molar-refractivity contribution is 4.84. The molecule has 0 bridgehead atoms. The van der Waals surface area contributed by atoms with Gasteiger partial charge < -0.3 is 5.32 Å². The molecule has 1 rings (SSSR count). The Morgan fingerprint density at radius 1 is 1.62 bits per heavy atom. The molecule has 1 heterocycles. The molecular formula is C11H22N2. The van der Waals surface area contributed by atoms with Gasteiger partial charge in [-0.3, -0.25) is 4.90 Å². The molecule has 0 aliphatic carbocycles. The van der Waals surface area contributed by atoms with Crippen molar-refractivity contribution < 1.29 is 0 Å². The molecule has 2 nitrogen and oxygen atoms in total. The van der Waals surface area contributed by atoms with Crippen LogP contribution in [0.1, 0.15) is 26.7 Å². The molecule has 13 heavy (non-hydrogen) atoms.